The fourth-order valence-electron chi connectivity index (χ4n) is 8.74. The maximum absolute atomic E-state index is 12.0. The van der Waals surface area contributed by atoms with Crippen molar-refractivity contribution in [2.75, 3.05) is 14.2 Å². The Bertz CT molecular complexity index is 1950. The van der Waals surface area contributed by atoms with Gasteiger partial charge in [-0.15, -0.1) is 0 Å². The van der Waals surface area contributed by atoms with Gasteiger partial charge in [-0.25, -0.2) is 0 Å². The van der Waals surface area contributed by atoms with Crippen LogP contribution in [-0.4, -0.2) is 79.6 Å². The Morgan fingerprint density at radius 1 is 0.639 bits per heavy atom. The lowest BCUT2D eigenvalue weighted by molar-refractivity contribution is -0.311. The van der Waals surface area contributed by atoms with Crippen LogP contribution in [0.1, 0.15) is 68.7 Å². The first kappa shape index (κ1) is 48.0. The van der Waals surface area contributed by atoms with E-state index in [1.54, 1.807) is 26.4 Å². The number of benzene rings is 4. The van der Waals surface area contributed by atoms with E-state index in [1.807, 2.05) is 63.3 Å². The number of carbonyl (C=O) groups is 1. The van der Waals surface area contributed by atoms with Crippen LogP contribution in [0.15, 0.2) is 158 Å². The Labute approximate surface area is 368 Å². The molecule has 1 heterocycles. The number of ketones is 1. The van der Waals surface area contributed by atoms with Gasteiger partial charge < -0.3 is 27.8 Å². The molecule has 0 aromatic heterocycles. The van der Waals surface area contributed by atoms with Crippen LogP contribution >= 0.6 is 0 Å². The van der Waals surface area contributed by atoms with Crippen LogP contribution in [0.2, 0.25) is 10.1 Å². The minimum atomic E-state index is -3.08. The summed E-state index contributed by atoms with van der Waals surface area (Å²) < 4.78 is 42.1. The van der Waals surface area contributed by atoms with Crippen molar-refractivity contribution in [1.82, 2.24) is 0 Å². The molecule has 0 bridgehead atoms. The van der Waals surface area contributed by atoms with Crippen molar-refractivity contribution < 1.29 is 32.6 Å². The van der Waals surface area contributed by atoms with E-state index in [4.69, 9.17) is 27.8 Å². The maximum atomic E-state index is 12.0. The molecule has 5 rings (SSSR count). The maximum Gasteiger partial charge on any atom is 0.262 e. The summed E-state index contributed by atoms with van der Waals surface area (Å²) in [5, 5.41) is 4.07. The molecule has 1 fully saturated rings. The largest absolute Gasteiger partial charge is 0.399 e. The fourth-order valence-corrected chi connectivity index (χ4v) is 18.1. The number of allylic oxidation sites excluding steroid dienone is 5. The molecule has 7 nitrogen and oxygen atoms in total. The fraction of sp³-hybridized carbons (Fsp3) is 0.404. The lowest BCUT2D eigenvalue weighted by Crippen LogP contribution is -2.72. The van der Waals surface area contributed by atoms with Crippen LogP contribution in [-0.2, 0) is 32.6 Å². The molecule has 0 spiro atoms. The van der Waals surface area contributed by atoms with Crippen molar-refractivity contribution >= 4 is 43.2 Å². The van der Waals surface area contributed by atoms with Gasteiger partial charge in [0.2, 0.25) is 0 Å². The predicted molar refractivity (Wildman–Crippen MR) is 254 cm³/mol. The topological polar surface area (TPSA) is 72.5 Å². The van der Waals surface area contributed by atoms with Crippen molar-refractivity contribution in [2.45, 2.75) is 122 Å². The van der Waals surface area contributed by atoms with Gasteiger partial charge in [-0.3, -0.25) is 4.79 Å². The quantitative estimate of drug-likeness (QED) is 0.0564. The summed E-state index contributed by atoms with van der Waals surface area (Å²) in [6, 6.07) is 42.4. The molecule has 0 amide bonds. The van der Waals surface area contributed by atoms with E-state index in [1.165, 1.54) is 0 Å². The van der Waals surface area contributed by atoms with Crippen LogP contribution in [0, 0.1) is 0 Å². The van der Waals surface area contributed by atoms with E-state index < -0.39 is 59.5 Å². The van der Waals surface area contributed by atoms with E-state index in [9.17, 15) is 4.79 Å². The minimum Gasteiger partial charge on any atom is -0.399 e. The lowest BCUT2D eigenvalue weighted by Gasteiger charge is -2.51. The predicted octanol–water partition coefficient (Wildman–Crippen LogP) is 8.70. The van der Waals surface area contributed by atoms with Gasteiger partial charge in [0.1, 0.15) is 18.3 Å². The van der Waals surface area contributed by atoms with Crippen molar-refractivity contribution in [3.63, 3.8) is 0 Å². The van der Waals surface area contributed by atoms with Gasteiger partial charge >= 0.3 is 0 Å². The Morgan fingerprint density at radius 2 is 1.07 bits per heavy atom. The van der Waals surface area contributed by atoms with Crippen molar-refractivity contribution in [1.29, 1.82) is 0 Å². The summed E-state index contributed by atoms with van der Waals surface area (Å²) in [6.07, 6.45) is 7.66. The zero-order valence-corrected chi connectivity index (χ0v) is 40.1. The van der Waals surface area contributed by atoms with Gasteiger partial charge in [-0.05, 0) is 50.7 Å². The second-order valence-electron chi connectivity index (χ2n) is 17.9. The molecule has 61 heavy (non-hydrogen) atoms. The van der Waals surface area contributed by atoms with Crippen LogP contribution in [0.4, 0.5) is 0 Å². The van der Waals surface area contributed by atoms with E-state index in [0.29, 0.717) is 6.42 Å². The van der Waals surface area contributed by atoms with Gasteiger partial charge in [0.05, 0.1) is 18.3 Å². The number of hydrogen-bond acceptors (Lipinski definition) is 7. The van der Waals surface area contributed by atoms with Crippen molar-refractivity contribution in [3.8, 4) is 0 Å². The molecular weight excluding hydrogens is 793 g/mol. The highest BCUT2D eigenvalue weighted by molar-refractivity contribution is 7.00. The lowest BCUT2D eigenvalue weighted by atomic mass is 9.99. The first-order valence-corrected chi connectivity index (χ1v) is 25.4. The summed E-state index contributed by atoms with van der Waals surface area (Å²) in [6.45, 7) is 19.5. The summed E-state index contributed by atoms with van der Waals surface area (Å²) in [5.41, 5.74) is 0. The zero-order valence-electron chi connectivity index (χ0n) is 38.1. The molecule has 4 aromatic rings. The molecule has 7 atom stereocenters. The standard InChI is InChI=1S/C52H68O7Si2/c1-12-41(53)29-19-13-14-28-38-46(58-60(51(4,5)6,42-30-20-15-21-31-42)43-32-22-16-23-33-43)39(2)56-50-49(55-11)48(47(54-10)40(3)57-50)59-61(52(7,8)9,44-34-24-17-25-35-44)45-36-26-18-27-37-45/h13-40,46-50H,12H2,1-11H3/b14-13+,29-19+,38-28+/t39-,40?,46-,47?,48?,49?,50?/m0/s1. The van der Waals surface area contributed by atoms with Gasteiger partial charge in [-0.2, -0.15) is 0 Å². The van der Waals surface area contributed by atoms with Crippen molar-refractivity contribution in [3.05, 3.63) is 158 Å². The Kier molecular flexibility index (Phi) is 16.8. The Hall–Kier alpha value is -4.04. The number of ether oxygens (including phenoxy) is 4. The van der Waals surface area contributed by atoms with Gasteiger partial charge in [0.15, 0.2) is 12.1 Å². The number of rotatable bonds is 18. The normalized spacial score (nSPS) is 21.6. The Morgan fingerprint density at radius 3 is 1.48 bits per heavy atom. The summed E-state index contributed by atoms with van der Waals surface area (Å²) in [7, 11) is -2.73. The third kappa shape index (κ3) is 10.8. The molecule has 1 aliphatic rings. The molecule has 5 unspecified atom stereocenters. The van der Waals surface area contributed by atoms with Crippen LogP contribution in [0.3, 0.4) is 0 Å². The highest BCUT2D eigenvalue weighted by Gasteiger charge is 2.57. The van der Waals surface area contributed by atoms with E-state index >= 15 is 0 Å². The number of methoxy groups -OCH3 is 2. The summed E-state index contributed by atoms with van der Waals surface area (Å²) in [5.74, 6) is 0.0749. The van der Waals surface area contributed by atoms with Crippen LogP contribution < -0.4 is 20.7 Å². The average Bonchev–Trinajstić information content (AvgIpc) is 3.25. The number of hydrogen-bond donors (Lipinski definition) is 0. The van der Waals surface area contributed by atoms with Crippen LogP contribution in [0.25, 0.3) is 0 Å². The molecule has 0 radical (unpaired) electrons. The third-order valence-corrected chi connectivity index (χ3v) is 21.9. The Balaban J connectivity index is 1.60. The molecular formula is C52H68O7Si2. The van der Waals surface area contributed by atoms with Crippen LogP contribution in [0.5, 0.6) is 0 Å². The average molecular weight is 861 g/mol. The molecule has 4 aromatic carbocycles. The number of carbonyl (C=O) groups excluding carboxylic acids is 1. The first-order valence-electron chi connectivity index (χ1n) is 21.6. The smallest absolute Gasteiger partial charge is 0.262 e. The van der Waals surface area contributed by atoms with Gasteiger partial charge in [0, 0.05) is 20.6 Å². The summed E-state index contributed by atoms with van der Waals surface area (Å²) >= 11 is 0. The second kappa shape index (κ2) is 21.4. The molecule has 9 heteroatoms. The highest BCUT2D eigenvalue weighted by Crippen LogP contribution is 2.42. The van der Waals surface area contributed by atoms with E-state index in [0.717, 1.165) is 20.7 Å². The highest BCUT2D eigenvalue weighted by atomic mass is 28.4. The molecule has 1 saturated heterocycles. The third-order valence-electron chi connectivity index (χ3n) is 11.8. The summed E-state index contributed by atoms with van der Waals surface area (Å²) in [4.78, 5) is 12.0. The monoisotopic (exact) mass is 860 g/mol. The molecule has 1 aliphatic heterocycles. The molecule has 326 valence electrons. The van der Waals surface area contributed by atoms with E-state index in [2.05, 4.69) is 145 Å². The van der Waals surface area contributed by atoms with E-state index in [-0.39, 0.29) is 15.9 Å². The van der Waals surface area contributed by atoms with Crippen molar-refractivity contribution in [2.24, 2.45) is 0 Å². The SMILES string of the molecule is CCC(=O)/C=C/C=C/C=C/[C@H](O[Si](c1ccccc1)(c1ccccc1)C(C)(C)C)[C@H](C)OC1OC(C)C(OC)C(O[Si](c2ccccc2)(c2ccccc2)C(C)(C)C)C1OC. The molecule has 0 N–H and O–H groups in total. The first-order chi connectivity index (χ1) is 29.1. The minimum absolute atomic E-state index is 0.0749. The molecule has 0 aliphatic carbocycles. The molecule has 0 saturated carbocycles. The second-order valence-corrected chi connectivity index (χ2v) is 26.4. The zero-order chi connectivity index (χ0) is 44.3. The van der Waals surface area contributed by atoms with Gasteiger partial charge in [-0.1, -0.05) is 200 Å². The van der Waals surface area contributed by atoms with Gasteiger partial charge in [0.25, 0.3) is 16.6 Å².